The number of carboxylic acid groups (broad SMARTS) is 1. The van der Waals surface area contributed by atoms with Gasteiger partial charge < -0.3 is 5.11 Å². The van der Waals surface area contributed by atoms with Gasteiger partial charge in [-0.3, -0.25) is 9.59 Å². The van der Waals surface area contributed by atoms with Gasteiger partial charge in [-0.15, -0.1) is 12.6 Å². The maximum absolute atomic E-state index is 11.6. The zero-order valence-corrected chi connectivity index (χ0v) is 14.4. The van der Waals surface area contributed by atoms with Crippen molar-refractivity contribution in [3.63, 3.8) is 0 Å². The molecule has 0 fully saturated rings. The Morgan fingerprint density at radius 2 is 1.57 bits per heavy atom. The highest BCUT2D eigenvalue weighted by atomic mass is 32.1. The van der Waals surface area contributed by atoms with Crippen LogP contribution in [0.4, 0.5) is 0 Å². The molecule has 0 aliphatic carbocycles. The summed E-state index contributed by atoms with van der Waals surface area (Å²) in [6.07, 6.45) is 0. The predicted octanol–water partition coefficient (Wildman–Crippen LogP) is 3.91. The molecule has 1 atom stereocenters. The molecular weight excluding hydrogens is 284 g/mol. The molecule has 0 aromatic heterocycles. The number of hydrogen-bond acceptors (Lipinski definition) is 2. The van der Waals surface area contributed by atoms with Crippen LogP contribution in [0.1, 0.15) is 64.2 Å². The minimum absolute atomic E-state index is 0.0395. The van der Waals surface area contributed by atoms with E-state index in [9.17, 15) is 14.7 Å². The standard InChI is InChI=1S/C17H24O3S/c1-16(2,3)10-7-8-11(12(9-10)17(4,5)6)13(14(18)19)15(20)21/h7-9,13H,1-6H3,(H,18,19)(H,20,21). The van der Waals surface area contributed by atoms with E-state index in [4.69, 9.17) is 0 Å². The van der Waals surface area contributed by atoms with E-state index in [1.165, 1.54) is 0 Å². The molecule has 0 amide bonds. The van der Waals surface area contributed by atoms with Gasteiger partial charge >= 0.3 is 5.97 Å². The van der Waals surface area contributed by atoms with E-state index in [0.717, 1.165) is 11.1 Å². The molecule has 21 heavy (non-hydrogen) atoms. The Balaban J connectivity index is 3.60. The van der Waals surface area contributed by atoms with Crippen molar-refractivity contribution in [3.05, 3.63) is 34.9 Å². The van der Waals surface area contributed by atoms with Crippen molar-refractivity contribution in [2.24, 2.45) is 0 Å². The molecule has 1 aromatic rings. The van der Waals surface area contributed by atoms with Gasteiger partial charge in [-0.2, -0.15) is 0 Å². The van der Waals surface area contributed by atoms with Gasteiger partial charge in [-0.05, 0) is 27.5 Å². The molecule has 1 unspecified atom stereocenters. The van der Waals surface area contributed by atoms with Crippen molar-refractivity contribution in [1.82, 2.24) is 0 Å². The average Bonchev–Trinajstić information content (AvgIpc) is 2.25. The zero-order valence-electron chi connectivity index (χ0n) is 13.5. The van der Waals surface area contributed by atoms with Crippen LogP contribution in [0.25, 0.3) is 0 Å². The lowest BCUT2D eigenvalue weighted by Gasteiger charge is -2.28. The molecule has 0 spiro atoms. The summed E-state index contributed by atoms with van der Waals surface area (Å²) in [5.74, 6) is -2.39. The van der Waals surface area contributed by atoms with E-state index in [-0.39, 0.29) is 10.8 Å². The van der Waals surface area contributed by atoms with Crippen LogP contribution >= 0.6 is 12.6 Å². The minimum atomic E-state index is -1.23. The summed E-state index contributed by atoms with van der Waals surface area (Å²) in [7, 11) is 0. The molecular formula is C17H24O3S. The van der Waals surface area contributed by atoms with Gasteiger partial charge in [0.05, 0.1) is 0 Å². The van der Waals surface area contributed by atoms with Gasteiger partial charge in [0, 0.05) is 0 Å². The second-order valence-corrected chi connectivity index (χ2v) is 7.85. The molecule has 1 N–H and O–H groups in total. The van der Waals surface area contributed by atoms with Crippen molar-refractivity contribution in [2.75, 3.05) is 0 Å². The third-order valence-corrected chi connectivity index (χ3v) is 3.79. The van der Waals surface area contributed by atoms with Crippen LogP contribution in [0.2, 0.25) is 0 Å². The van der Waals surface area contributed by atoms with Crippen molar-refractivity contribution < 1.29 is 14.7 Å². The van der Waals surface area contributed by atoms with Crippen molar-refractivity contribution in [2.45, 2.75) is 58.3 Å². The first-order valence-electron chi connectivity index (χ1n) is 6.96. The molecule has 0 aliphatic heterocycles. The number of carboxylic acids is 1. The summed E-state index contributed by atoms with van der Waals surface area (Å²) in [4.78, 5) is 23.1. The lowest BCUT2D eigenvalue weighted by Crippen LogP contribution is -2.25. The van der Waals surface area contributed by atoms with Crippen molar-refractivity contribution >= 4 is 23.7 Å². The first kappa shape index (κ1) is 17.8. The molecule has 0 saturated heterocycles. The van der Waals surface area contributed by atoms with Crippen LogP contribution in [-0.2, 0) is 20.4 Å². The minimum Gasteiger partial charge on any atom is -0.480 e. The second-order valence-electron chi connectivity index (χ2n) is 7.41. The molecule has 116 valence electrons. The second kappa shape index (κ2) is 5.84. The molecule has 0 aliphatic rings. The average molecular weight is 308 g/mol. The monoisotopic (exact) mass is 308 g/mol. The molecule has 4 heteroatoms. The Kier molecular flexibility index (Phi) is 4.94. The maximum Gasteiger partial charge on any atom is 0.319 e. The molecule has 0 saturated carbocycles. The van der Waals surface area contributed by atoms with Crippen LogP contribution in [0.15, 0.2) is 18.2 Å². The van der Waals surface area contributed by atoms with E-state index in [2.05, 4.69) is 33.4 Å². The Bertz CT molecular complexity index is 548. The Morgan fingerprint density at radius 1 is 1.05 bits per heavy atom. The van der Waals surface area contributed by atoms with Crippen molar-refractivity contribution in [1.29, 1.82) is 0 Å². The third-order valence-electron chi connectivity index (χ3n) is 3.53. The number of benzene rings is 1. The first-order valence-corrected chi connectivity index (χ1v) is 7.41. The maximum atomic E-state index is 11.6. The highest BCUT2D eigenvalue weighted by Crippen LogP contribution is 2.35. The number of carbonyl (C=O) groups excluding carboxylic acids is 1. The van der Waals surface area contributed by atoms with Gasteiger partial charge in [0.15, 0.2) is 5.92 Å². The van der Waals surface area contributed by atoms with Crippen molar-refractivity contribution in [3.8, 4) is 0 Å². The molecule has 0 heterocycles. The summed E-state index contributed by atoms with van der Waals surface area (Å²) in [6, 6.07) is 5.67. The van der Waals surface area contributed by atoms with E-state index in [1.54, 1.807) is 6.07 Å². The van der Waals surface area contributed by atoms with Gasteiger partial charge in [-0.25, -0.2) is 0 Å². The molecule has 0 radical (unpaired) electrons. The summed E-state index contributed by atoms with van der Waals surface area (Å²) in [5.41, 5.74) is 2.23. The molecule has 3 nitrogen and oxygen atoms in total. The summed E-state index contributed by atoms with van der Waals surface area (Å²) >= 11 is 3.75. The fraction of sp³-hybridized carbons (Fsp3) is 0.529. The predicted molar refractivity (Wildman–Crippen MR) is 88.2 cm³/mol. The highest BCUT2D eigenvalue weighted by Gasteiger charge is 2.32. The van der Waals surface area contributed by atoms with Gasteiger partial charge in [0.2, 0.25) is 5.12 Å². The normalized spacial score (nSPS) is 13.9. The molecule has 0 bridgehead atoms. The number of hydrogen-bond donors (Lipinski definition) is 2. The number of carbonyl (C=O) groups is 2. The smallest absolute Gasteiger partial charge is 0.319 e. The molecule has 1 aromatic carbocycles. The lowest BCUT2D eigenvalue weighted by atomic mass is 9.76. The summed E-state index contributed by atoms with van der Waals surface area (Å²) in [5, 5.41) is 8.70. The summed E-state index contributed by atoms with van der Waals surface area (Å²) < 4.78 is 0. The van der Waals surface area contributed by atoms with Crippen LogP contribution < -0.4 is 0 Å². The highest BCUT2D eigenvalue weighted by molar-refractivity contribution is 7.96. The lowest BCUT2D eigenvalue weighted by molar-refractivity contribution is -0.140. The van der Waals surface area contributed by atoms with E-state index in [0.29, 0.717) is 5.56 Å². The number of aliphatic carboxylic acids is 1. The summed E-state index contributed by atoms with van der Waals surface area (Å²) in [6.45, 7) is 12.4. The number of thiol groups is 1. The van der Waals surface area contributed by atoms with Gasteiger partial charge in [0.1, 0.15) is 0 Å². The largest absolute Gasteiger partial charge is 0.480 e. The van der Waals surface area contributed by atoms with E-state index >= 15 is 0 Å². The van der Waals surface area contributed by atoms with Gasteiger partial charge in [-0.1, -0.05) is 59.7 Å². The fourth-order valence-corrected chi connectivity index (χ4v) is 2.55. The zero-order chi connectivity index (χ0) is 16.6. The molecule has 1 rings (SSSR count). The van der Waals surface area contributed by atoms with E-state index in [1.807, 2.05) is 32.9 Å². The Hall–Kier alpha value is -1.29. The Morgan fingerprint density at radius 3 is 1.90 bits per heavy atom. The first-order chi connectivity index (χ1) is 9.35. The topological polar surface area (TPSA) is 54.4 Å². The third kappa shape index (κ3) is 4.10. The van der Waals surface area contributed by atoms with E-state index < -0.39 is 17.0 Å². The Labute approximate surface area is 132 Å². The fourth-order valence-electron chi connectivity index (χ4n) is 2.30. The van der Waals surface area contributed by atoms with Crippen LogP contribution in [0.5, 0.6) is 0 Å². The van der Waals surface area contributed by atoms with Crippen LogP contribution in [0.3, 0.4) is 0 Å². The van der Waals surface area contributed by atoms with Crippen LogP contribution in [0, 0.1) is 0 Å². The van der Waals surface area contributed by atoms with Crippen LogP contribution in [-0.4, -0.2) is 16.2 Å². The quantitative estimate of drug-likeness (QED) is 0.657. The number of rotatable bonds is 3. The van der Waals surface area contributed by atoms with Gasteiger partial charge in [0.25, 0.3) is 0 Å². The SMILES string of the molecule is CC(C)(C)c1ccc(C(C(=O)O)C(=O)S)c(C(C)(C)C)c1.